The van der Waals surface area contributed by atoms with Crippen molar-refractivity contribution in [1.82, 2.24) is 9.80 Å². The fourth-order valence-corrected chi connectivity index (χ4v) is 1.69. The predicted octanol–water partition coefficient (Wildman–Crippen LogP) is -1.88. The zero-order chi connectivity index (χ0) is 8.97. The molecule has 2 nitrogen and oxygen atoms in total. The van der Waals surface area contributed by atoms with Crippen LogP contribution < -0.4 is 29.6 Å². The third kappa shape index (κ3) is 4.81. The Labute approximate surface area is 115 Å². The summed E-state index contributed by atoms with van der Waals surface area (Å²) < 4.78 is 0.716. The van der Waals surface area contributed by atoms with Gasteiger partial charge in [0.05, 0.1) is 0 Å². The average molecular weight is 226 g/mol. The first kappa shape index (κ1) is 13.9. The molecule has 13 heavy (non-hydrogen) atoms. The number of thiol groups is 1. The molecule has 0 aliphatic carbocycles. The van der Waals surface area contributed by atoms with Crippen LogP contribution in [0.15, 0.2) is 12.7 Å². The van der Waals surface area contributed by atoms with E-state index in [0.717, 1.165) is 32.7 Å². The number of hydrogen-bond donors (Lipinski definition) is 1. The van der Waals surface area contributed by atoms with E-state index in [-0.39, 0.29) is 31.0 Å². The Kier molecular flexibility index (Phi) is 7.79. The Morgan fingerprint density at radius 2 is 2.00 bits per heavy atom. The van der Waals surface area contributed by atoms with Gasteiger partial charge < -0.3 is 6.33 Å². The van der Waals surface area contributed by atoms with E-state index in [2.05, 4.69) is 29.0 Å². The number of hydrogen-bond acceptors (Lipinski definition) is 2. The van der Waals surface area contributed by atoms with Crippen LogP contribution in [0.4, 0.5) is 0 Å². The van der Waals surface area contributed by atoms with Crippen LogP contribution in [-0.4, -0.2) is 46.8 Å². The summed E-state index contributed by atoms with van der Waals surface area (Å²) in [6.07, 6.45) is 1.94. The molecule has 1 heterocycles. The van der Waals surface area contributed by atoms with Crippen LogP contribution in [0.5, 0.6) is 0 Å². The summed E-state index contributed by atoms with van der Waals surface area (Å²) in [4.78, 5) is 4.48. The predicted molar refractivity (Wildman–Crippen MR) is 60.9 cm³/mol. The van der Waals surface area contributed by atoms with E-state index >= 15 is 0 Å². The molecular weight excluding hydrogens is 211 g/mol. The van der Waals surface area contributed by atoms with E-state index in [1.165, 1.54) is 0 Å². The van der Waals surface area contributed by atoms with E-state index in [9.17, 15) is 0 Å². The first-order valence-corrected chi connectivity index (χ1v) is 4.90. The molecular formula is C8H15N2NaS2. The van der Waals surface area contributed by atoms with Crippen LogP contribution in [0.1, 0.15) is 1.43 Å². The second-order valence-corrected chi connectivity index (χ2v) is 3.97. The van der Waals surface area contributed by atoms with Gasteiger partial charge in [-0.2, -0.15) is 0 Å². The molecule has 1 aliphatic rings. The molecule has 1 rings (SSSR count). The largest absolute Gasteiger partial charge is 1.00 e. The van der Waals surface area contributed by atoms with Gasteiger partial charge in [0, 0.05) is 32.7 Å². The quantitative estimate of drug-likeness (QED) is 0.255. The van der Waals surface area contributed by atoms with Crippen molar-refractivity contribution in [2.45, 2.75) is 0 Å². The van der Waals surface area contributed by atoms with Crippen molar-refractivity contribution in [1.29, 1.82) is 0 Å². The fraction of sp³-hybridized carbons (Fsp3) is 0.625. The molecule has 0 saturated carbocycles. The molecule has 1 aliphatic heterocycles. The van der Waals surface area contributed by atoms with E-state index in [0.29, 0.717) is 4.32 Å². The third-order valence-corrected chi connectivity index (χ3v) is 2.57. The number of rotatable bonds is 2. The summed E-state index contributed by atoms with van der Waals surface area (Å²) in [6, 6.07) is 0. The van der Waals surface area contributed by atoms with Gasteiger partial charge >= 0.3 is 29.6 Å². The summed E-state index contributed by atoms with van der Waals surface area (Å²) in [5.41, 5.74) is 0. The monoisotopic (exact) mass is 226 g/mol. The minimum Gasteiger partial charge on any atom is -1.00 e. The van der Waals surface area contributed by atoms with Crippen molar-refractivity contribution in [3.63, 3.8) is 0 Å². The molecule has 0 aromatic heterocycles. The first-order valence-electron chi connectivity index (χ1n) is 4.05. The number of nitrogens with zero attached hydrogens (tertiary/aromatic N) is 2. The zero-order valence-electron chi connectivity index (χ0n) is 9.07. The molecule has 0 aromatic rings. The van der Waals surface area contributed by atoms with Gasteiger partial charge in [-0.15, -0.1) is 19.2 Å². The Morgan fingerprint density at radius 1 is 1.46 bits per heavy atom. The van der Waals surface area contributed by atoms with E-state index in [1.54, 1.807) is 0 Å². The summed E-state index contributed by atoms with van der Waals surface area (Å²) in [7, 11) is 0. The van der Waals surface area contributed by atoms with Gasteiger partial charge in [0.2, 0.25) is 0 Å². The van der Waals surface area contributed by atoms with E-state index in [1.807, 2.05) is 6.08 Å². The maximum absolute atomic E-state index is 4.97. The van der Waals surface area contributed by atoms with Crippen molar-refractivity contribution < 1.29 is 31.0 Å². The zero-order valence-corrected chi connectivity index (χ0v) is 11.8. The van der Waals surface area contributed by atoms with Crippen LogP contribution >= 0.6 is 24.8 Å². The Hall–Kier alpha value is 0.940. The van der Waals surface area contributed by atoms with Gasteiger partial charge in [0.25, 0.3) is 0 Å². The first-order chi connectivity index (χ1) is 5.74. The van der Waals surface area contributed by atoms with Crippen molar-refractivity contribution >= 4 is 29.2 Å². The molecule has 1 saturated heterocycles. The Morgan fingerprint density at radius 3 is 2.38 bits per heavy atom. The molecule has 0 spiro atoms. The van der Waals surface area contributed by atoms with Gasteiger partial charge in [-0.3, -0.25) is 4.90 Å². The molecule has 0 unspecified atom stereocenters. The van der Waals surface area contributed by atoms with Crippen molar-refractivity contribution in [3.05, 3.63) is 12.7 Å². The second kappa shape index (κ2) is 7.26. The van der Waals surface area contributed by atoms with Gasteiger partial charge in [0.15, 0.2) is 0 Å². The Bertz CT molecular complexity index is 184. The summed E-state index contributed by atoms with van der Waals surface area (Å²) >= 11 is 9.11. The van der Waals surface area contributed by atoms with Crippen LogP contribution in [0, 0.1) is 0 Å². The van der Waals surface area contributed by atoms with Crippen LogP contribution in [0.3, 0.4) is 0 Å². The average Bonchev–Trinajstić information content (AvgIpc) is 2.06. The van der Waals surface area contributed by atoms with Gasteiger partial charge in [-0.25, -0.2) is 0 Å². The summed E-state index contributed by atoms with van der Waals surface area (Å²) in [5.74, 6) is 0. The van der Waals surface area contributed by atoms with Crippen molar-refractivity contribution in [2.24, 2.45) is 0 Å². The Balaban J connectivity index is 0. The molecule has 1 fully saturated rings. The van der Waals surface area contributed by atoms with Gasteiger partial charge in [-0.05, 0) is 0 Å². The van der Waals surface area contributed by atoms with Gasteiger partial charge in [0.1, 0.15) is 4.32 Å². The van der Waals surface area contributed by atoms with Gasteiger partial charge in [-0.1, -0.05) is 18.3 Å². The molecule has 0 radical (unpaired) electrons. The molecule has 70 valence electrons. The topological polar surface area (TPSA) is 6.48 Å². The van der Waals surface area contributed by atoms with Crippen molar-refractivity contribution in [3.8, 4) is 0 Å². The summed E-state index contributed by atoms with van der Waals surface area (Å²) in [5, 5.41) is 0. The van der Waals surface area contributed by atoms with E-state index in [4.69, 9.17) is 12.2 Å². The normalized spacial score (nSPS) is 17.8. The van der Waals surface area contributed by atoms with Crippen LogP contribution in [0.2, 0.25) is 0 Å². The SMILES string of the molecule is C=CCN1CCN(C(=S)S)CC1.[H-].[Na+]. The molecule has 0 bridgehead atoms. The molecule has 0 aromatic carbocycles. The van der Waals surface area contributed by atoms with Crippen LogP contribution in [-0.2, 0) is 0 Å². The van der Waals surface area contributed by atoms with Crippen LogP contribution in [0.25, 0.3) is 0 Å². The number of piperazine rings is 1. The smallest absolute Gasteiger partial charge is 1.00 e. The third-order valence-electron chi connectivity index (χ3n) is 2.03. The standard InChI is InChI=1S/C8H14N2S2.Na.H/c1-2-3-9-4-6-10(7-5-9)8(11)12;;/h2H,1,3-7H2,(H,11,12);;/q;+1;-1. The maximum atomic E-state index is 4.97. The molecule has 0 N–H and O–H groups in total. The molecule has 0 atom stereocenters. The second-order valence-electron chi connectivity index (χ2n) is 2.86. The van der Waals surface area contributed by atoms with E-state index < -0.39 is 0 Å². The molecule has 0 amide bonds. The number of thiocarbonyl (C=S) groups is 1. The minimum absolute atomic E-state index is 0. The summed E-state index contributed by atoms with van der Waals surface area (Å²) in [6.45, 7) is 8.81. The maximum Gasteiger partial charge on any atom is 1.00 e. The van der Waals surface area contributed by atoms with Crippen molar-refractivity contribution in [2.75, 3.05) is 32.7 Å². The molecule has 5 heteroatoms. The fourth-order valence-electron chi connectivity index (χ4n) is 1.30. The minimum atomic E-state index is 0.